The molecule has 0 saturated heterocycles. The van der Waals surface area contributed by atoms with Gasteiger partial charge in [0.15, 0.2) is 23.0 Å². The Balaban J connectivity index is 2.99. The number of furan rings is 1. The SMILES string of the molecule is C=C(O)c1ccc(C(=C)O)o1. The lowest BCUT2D eigenvalue weighted by atomic mass is 10.4. The summed E-state index contributed by atoms with van der Waals surface area (Å²) in [5.74, 6) is 0.125. The lowest BCUT2D eigenvalue weighted by Gasteiger charge is -1.91. The molecule has 11 heavy (non-hydrogen) atoms. The topological polar surface area (TPSA) is 53.6 Å². The van der Waals surface area contributed by atoms with Crippen molar-refractivity contribution in [1.29, 1.82) is 0 Å². The van der Waals surface area contributed by atoms with Crippen LogP contribution in [0.25, 0.3) is 11.5 Å². The van der Waals surface area contributed by atoms with E-state index < -0.39 is 0 Å². The van der Waals surface area contributed by atoms with Crippen LogP contribution in [0.15, 0.2) is 29.7 Å². The smallest absolute Gasteiger partial charge is 0.168 e. The first kappa shape index (κ1) is 7.47. The van der Waals surface area contributed by atoms with Crippen LogP contribution in [-0.2, 0) is 0 Å². The van der Waals surface area contributed by atoms with Crippen molar-refractivity contribution in [2.45, 2.75) is 0 Å². The van der Waals surface area contributed by atoms with Crippen molar-refractivity contribution in [1.82, 2.24) is 0 Å². The Bertz CT molecular complexity index is 268. The number of hydrogen-bond donors (Lipinski definition) is 2. The van der Waals surface area contributed by atoms with Crippen LogP contribution < -0.4 is 0 Å². The van der Waals surface area contributed by atoms with E-state index in [0.29, 0.717) is 0 Å². The van der Waals surface area contributed by atoms with E-state index in [0.717, 1.165) is 0 Å². The molecule has 0 unspecified atom stereocenters. The maximum atomic E-state index is 8.82. The van der Waals surface area contributed by atoms with Gasteiger partial charge in [0.1, 0.15) is 0 Å². The number of aliphatic hydroxyl groups excluding tert-OH is 2. The summed E-state index contributed by atoms with van der Waals surface area (Å²) < 4.78 is 4.91. The predicted octanol–water partition coefficient (Wildman–Crippen LogP) is 2.34. The summed E-state index contributed by atoms with van der Waals surface area (Å²) in [6.07, 6.45) is 0. The molecule has 1 aromatic rings. The van der Waals surface area contributed by atoms with E-state index in [1.165, 1.54) is 12.1 Å². The first-order valence-electron chi connectivity index (χ1n) is 2.97. The molecule has 2 N–H and O–H groups in total. The van der Waals surface area contributed by atoms with Gasteiger partial charge in [-0.25, -0.2) is 0 Å². The first-order chi connectivity index (χ1) is 5.11. The number of rotatable bonds is 2. The molecule has 0 aliphatic heterocycles. The Kier molecular flexibility index (Phi) is 1.72. The fourth-order valence-electron chi connectivity index (χ4n) is 0.648. The maximum Gasteiger partial charge on any atom is 0.168 e. The Morgan fingerprint density at radius 3 is 1.64 bits per heavy atom. The molecule has 0 spiro atoms. The summed E-state index contributed by atoms with van der Waals surface area (Å²) in [6.45, 7) is 6.50. The van der Waals surface area contributed by atoms with Gasteiger partial charge < -0.3 is 14.6 Å². The molecule has 0 fully saturated rings. The van der Waals surface area contributed by atoms with Crippen molar-refractivity contribution in [3.05, 3.63) is 36.8 Å². The summed E-state index contributed by atoms with van der Waals surface area (Å²) in [4.78, 5) is 0. The molecule has 1 rings (SSSR count). The molecule has 0 saturated carbocycles. The minimum Gasteiger partial charge on any atom is -0.505 e. The second-order valence-electron chi connectivity index (χ2n) is 2.06. The Morgan fingerprint density at radius 2 is 1.45 bits per heavy atom. The molecule has 0 atom stereocenters. The Labute approximate surface area is 63.9 Å². The summed E-state index contributed by atoms with van der Waals surface area (Å²) in [5.41, 5.74) is 0. The summed E-state index contributed by atoms with van der Waals surface area (Å²) >= 11 is 0. The van der Waals surface area contributed by atoms with Crippen LogP contribution >= 0.6 is 0 Å². The summed E-state index contributed by atoms with van der Waals surface area (Å²) in [7, 11) is 0. The maximum absolute atomic E-state index is 8.82. The first-order valence-corrected chi connectivity index (χ1v) is 2.97. The monoisotopic (exact) mass is 152 g/mol. The predicted molar refractivity (Wildman–Crippen MR) is 42.0 cm³/mol. The van der Waals surface area contributed by atoms with Gasteiger partial charge in [0.2, 0.25) is 0 Å². The van der Waals surface area contributed by atoms with Crippen LogP contribution in [0.4, 0.5) is 0 Å². The van der Waals surface area contributed by atoms with Crippen LogP contribution in [-0.4, -0.2) is 10.2 Å². The molecule has 0 aliphatic rings. The van der Waals surface area contributed by atoms with E-state index in [-0.39, 0.29) is 23.0 Å². The molecule has 0 aromatic carbocycles. The number of hydrogen-bond acceptors (Lipinski definition) is 3. The van der Waals surface area contributed by atoms with Crippen LogP contribution in [0.5, 0.6) is 0 Å². The molecule has 0 radical (unpaired) electrons. The van der Waals surface area contributed by atoms with Gasteiger partial charge in [0, 0.05) is 0 Å². The molecule has 3 nitrogen and oxygen atoms in total. The summed E-state index contributed by atoms with van der Waals surface area (Å²) in [5, 5.41) is 17.6. The van der Waals surface area contributed by atoms with Gasteiger partial charge in [-0.1, -0.05) is 13.2 Å². The zero-order valence-electron chi connectivity index (χ0n) is 5.87. The molecular weight excluding hydrogens is 144 g/mol. The van der Waals surface area contributed by atoms with Gasteiger partial charge in [-0.15, -0.1) is 0 Å². The van der Waals surface area contributed by atoms with E-state index in [9.17, 15) is 0 Å². The van der Waals surface area contributed by atoms with Gasteiger partial charge in [-0.3, -0.25) is 0 Å². The van der Waals surface area contributed by atoms with Crippen LogP contribution in [0.3, 0.4) is 0 Å². The number of aliphatic hydroxyl groups is 2. The minimum atomic E-state index is -0.169. The highest BCUT2D eigenvalue weighted by Crippen LogP contribution is 2.17. The normalized spacial score (nSPS) is 9.45. The molecule has 0 bridgehead atoms. The van der Waals surface area contributed by atoms with Crippen molar-refractivity contribution in [3.63, 3.8) is 0 Å². The van der Waals surface area contributed by atoms with E-state index >= 15 is 0 Å². The third-order valence-corrected chi connectivity index (χ3v) is 1.17. The molecule has 58 valence electrons. The minimum absolute atomic E-state index is 0.169. The lowest BCUT2D eigenvalue weighted by Crippen LogP contribution is -1.75. The standard InChI is InChI=1S/C8H8O3/c1-5(9)7-3-4-8(11-7)6(2)10/h3-4,9-10H,1-2H2. The Morgan fingerprint density at radius 1 is 1.09 bits per heavy atom. The van der Waals surface area contributed by atoms with Crippen LogP contribution in [0, 0.1) is 0 Å². The average molecular weight is 152 g/mol. The fraction of sp³-hybridized carbons (Fsp3) is 0. The average Bonchev–Trinajstić information content (AvgIpc) is 2.33. The molecule has 1 aromatic heterocycles. The van der Waals surface area contributed by atoms with Crippen LogP contribution in [0.1, 0.15) is 11.5 Å². The van der Waals surface area contributed by atoms with Crippen LogP contribution in [0.2, 0.25) is 0 Å². The van der Waals surface area contributed by atoms with E-state index in [1.807, 2.05) is 0 Å². The highest BCUT2D eigenvalue weighted by Gasteiger charge is 2.05. The lowest BCUT2D eigenvalue weighted by molar-refractivity contribution is 0.430. The third-order valence-electron chi connectivity index (χ3n) is 1.17. The largest absolute Gasteiger partial charge is 0.505 e. The van der Waals surface area contributed by atoms with Gasteiger partial charge in [-0.05, 0) is 12.1 Å². The van der Waals surface area contributed by atoms with Crippen molar-refractivity contribution in [2.24, 2.45) is 0 Å². The van der Waals surface area contributed by atoms with Gasteiger partial charge in [0.25, 0.3) is 0 Å². The van der Waals surface area contributed by atoms with E-state index in [1.54, 1.807) is 0 Å². The quantitative estimate of drug-likeness (QED) is 0.639. The zero-order valence-corrected chi connectivity index (χ0v) is 5.87. The molecular formula is C8H8O3. The van der Waals surface area contributed by atoms with Crippen molar-refractivity contribution < 1.29 is 14.6 Å². The molecule has 0 aliphatic carbocycles. The second-order valence-corrected chi connectivity index (χ2v) is 2.06. The van der Waals surface area contributed by atoms with E-state index in [2.05, 4.69) is 13.2 Å². The van der Waals surface area contributed by atoms with Gasteiger partial charge in [0.05, 0.1) is 0 Å². The summed E-state index contributed by atoms with van der Waals surface area (Å²) in [6, 6.07) is 3.00. The second kappa shape index (κ2) is 2.54. The molecule has 1 heterocycles. The van der Waals surface area contributed by atoms with Gasteiger partial charge in [-0.2, -0.15) is 0 Å². The highest BCUT2D eigenvalue weighted by molar-refractivity contribution is 5.56. The third kappa shape index (κ3) is 1.43. The van der Waals surface area contributed by atoms with Crippen molar-refractivity contribution in [2.75, 3.05) is 0 Å². The molecule has 0 amide bonds. The zero-order chi connectivity index (χ0) is 8.43. The van der Waals surface area contributed by atoms with Gasteiger partial charge >= 0.3 is 0 Å². The molecule has 3 heteroatoms. The highest BCUT2D eigenvalue weighted by atomic mass is 16.4. The van der Waals surface area contributed by atoms with E-state index in [4.69, 9.17) is 14.6 Å². The Hall–Kier alpha value is -1.64. The van der Waals surface area contributed by atoms with Crippen molar-refractivity contribution >= 4 is 11.5 Å². The fourth-order valence-corrected chi connectivity index (χ4v) is 0.648. The van der Waals surface area contributed by atoms with Crippen molar-refractivity contribution in [3.8, 4) is 0 Å².